The standard InChI is InChI=1S/C19H32N2/c1-5-11-20-19(18-9-7-6-8-15(18)2)10-12-21-13-16(3)17(4)14-21/h6-9,16-17,19-20H,5,10-14H2,1-4H3. The van der Waals surface area contributed by atoms with Crippen LogP contribution in [0.15, 0.2) is 24.3 Å². The predicted octanol–water partition coefficient (Wildman–Crippen LogP) is 4.01. The van der Waals surface area contributed by atoms with Gasteiger partial charge in [-0.2, -0.15) is 0 Å². The molecule has 0 radical (unpaired) electrons. The van der Waals surface area contributed by atoms with Crippen LogP contribution in [0.1, 0.15) is 50.8 Å². The van der Waals surface area contributed by atoms with E-state index >= 15 is 0 Å². The molecule has 118 valence electrons. The Hall–Kier alpha value is -0.860. The van der Waals surface area contributed by atoms with Gasteiger partial charge >= 0.3 is 0 Å². The van der Waals surface area contributed by atoms with E-state index in [0.717, 1.165) is 18.4 Å². The third kappa shape index (κ3) is 4.55. The van der Waals surface area contributed by atoms with E-state index in [1.165, 1.54) is 43.6 Å². The van der Waals surface area contributed by atoms with Crippen molar-refractivity contribution in [2.24, 2.45) is 11.8 Å². The lowest BCUT2D eigenvalue weighted by Gasteiger charge is -2.24. The van der Waals surface area contributed by atoms with E-state index in [9.17, 15) is 0 Å². The summed E-state index contributed by atoms with van der Waals surface area (Å²) in [6.07, 6.45) is 2.41. The Morgan fingerprint density at radius 3 is 2.48 bits per heavy atom. The van der Waals surface area contributed by atoms with Gasteiger partial charge < -0.3 is 10.2 Å². The van der Waals surface area contributed by atoms with Crippen LogP contribution in [0, 0.1) is 18.8 Å². The number of hydrogen-bond donors (Lipinski definition) is 1. The lowest BCUT2D eigenvalue weighted by molar-refractivity contribution is 0.298. The third-order valence-corrected chi connectivity index (χ3v) is 5.00. The zero-order valence-corrected chi connectivity index (χ0v) is 14.2. The van der Waals surface area contributed by atoms with Gasteiger partial charge in [-0.15, -0.1) is 0 Å². The summed E-state index contributed by atoms with van der Waals surface area (Å²) in [5, 5.41) is 3.75. The highest BCUT2D eigenvalue weighted by Gasteiger charge is 2.26. The van der Waals surface area contributed by atoms with Crippen molar-refractivity contribution in [1.82, 2.24) is 10.2 Å². The van der Waals surface area contributed by atoms with Gasteiger partial charge in [0.15, 0.2) is 0 Å². The monoisotopic (exact) mass is 288 g/mol. The summed E-state index contributed by atoms with van der Waals surface area (Å²) < 4.78 is 0. The highest BCUT2D eigenvalue weighted by molar-refractivity contribution is 5.28. The summed E-state index contributed by atoms with van der Waals surface area (Å²) in [5.74, 6) is 1.70. The first-order valence-corrected chi connectivity index (χ1v) is 8.63. The fraction of sp³-hybridized carbons (Fsp3) is 0.684. The Morgan fingerprint density at radius 2 is 1.86 bits per heavy atom. The molecule has 2 rings (SSSR count). The van der Waals surface area contributed by atoms with Gasteiger partial charge in [-0.1, -0.05) is 45.0 Å². The lowest BCUT2D eigenvalue weighted by atomic mass is 9.98. The molecular weight excluding hydrogens is 256 g/mol. The molecule has 3 unspecified atom stereocenters. The van der Waals surface area contributed by atoms with Crippen LogP contribution in [-0.4, -0.2) is 31.1 Å². The van der Waals surface area contributed by atoms with Crippen LogP contribution in [0.4, 0.5) is 0 Å². The van der Waals surface area contributed by atoms with E-state index < -0.39 is 0 Å². The van der Waals surface area contributed by atoms with Crippen molar-refractivity contribution in [2.75, 3.05) is 26.2 Å². The maximum absolute atomic E-state index is 3.75. The van der Waals surface area contributed by atoms with Crippen molar-refractivity contribution in [1.29, 1.82) is 0 Å². The Kier molecular flexibility index (Phi) is 6.25. The minimum atomic E-state index is 0.498. The Bertz CT molecular complexity index is 419. The van der Waals surface area contributed by atoms with Crippen molar-refractivity contribution in [3.63, 3.8) is 0 Å². The Labute approximate surface area is 130 Å². The Balaban J connectivity index is 1.95. The highest BCUT2D eigenvalue weighted by Crippen LogP contribution is 2.25. The molecule has 1 saturated heterocycles. The van der Waals surface area contributed by atoms with Crippen LogP contribution in [0.3, 0.4) is 0 Å². The molecule has 1 aromatic carbocycles. The van der Waals surface area contributed by atoms with Gasteiger partial charge in [-0.05, 0) is 55.8 Å². The lowest BCUT2D eigenvalue weighted by Crippen LogP contribution is -2.29. The maximum atomic E-state index is 3.75. The zero-order chi connectivity index (χ0) is 15.2. The first-order chi connectivity index (χ1) is 10.1. The average molecular weight is 288 g/mol. The normalized spacial score (nSPS) is 24.4. The highest BCUT2D eigenvalue weighted by atomic mass is 15.2. The number of nitrogens with zero attached hydrogens (tertiary/aromatic N) is 1. The van der Waals surface area contributed by atoms with Crippen molar-refractivity contribution < 1.29 is 0 Å². The van der Waals surface area contributed by atoms with Gasteiger partial charge in [-0.25, -0.2) is 0 Å². The minimum Gasteiger partial charge on any atom is -0.310 e. The predicted molar refractivity (Wildman–Crippen MR) is 91.6 cm³/mol. The smallest absolute Gasteiger partial charge is 0.0335 e. The number of likely N-dealkylation sites (tertiary alicyclic amines) is 1. The van der Waals surface area contributed by atoms with Crippen molar-refractivity contribution in [3.05, 3.63) is 35.4 Å². The molecule has 2 heteroatoms. The quantitative estimate of drug-likeness (QED) is 0.815. The van der Waals surface area contributed by atoms with Crippen molar-refractivity contribution >= 4 is 0 Å². The largest absolute Gasteiger partial charge is 0.310 e. The minimum absolute atomic E-state index is 0.498. The van der Waals surface area contributed by atoms with Crippen LogP contribution >= 0.6 is 0 Å². The number of hydrogen-bond acceptors (Lipinski definition) is 2. The van der Waals surface area contributed by atoms with Crippen LogP contribution in [0.5, 0.6) is 0 Å². The summed E-state index contributed by atoms with van der Waals surface area (Å²) in [7, 11) is 0. The summed E-state index contributed by atoms with van der Waals surface area (Å²) in [6.45, 7) is 14.1. The molecule has 0 aliphatic carbocycles. The molecule has 3 atom stereocenters. The molecule has 1 aromatic rings. The zero-order valence-electron chi connectivity index (χ0n) is 14.2. The molecule has 1 fully saturated rings. The van der Waals surface area contributed by atoms with E-state index in [1.807, 2.05) is 0 Å². The second-order valence-electron chi connectivity index (χ2n) is 6.87. The average Bonchev–Trinajstić information content (AvgIpc) is 2.79. The van der Waals surface area contributed by atoms with Crippen molar-refractivity contribution in [3.8, 4) is 0 Å². The van der Waals surface area contributed by atoms with E-state index in [2.05, 4.69) is 62.2 Å². The van der Waals surface area contributed by atoms with Crippen molar-refractivity contribution in [2.45, 2.75) is 46.6 Å². The van der Waals surface area contributed by atoms with Crippen LogP contribution in [0.25, 0.3) is 0 Å². The number of nitrogens with one attached hydrogen (secondary N) is 1. The SMILES string of the molecule is CCCNC(CCN1CC(C)C(C)C1)c1ccccc1C. The molecule has 1 N–H and O–H groups in total. The van der Waals surface area contributed by atoms with Gasteiger partial charge in [0.05, 0.1) is 0 Å². The first-order valence-electron chi connectivity index (χ1n) is 8.63. The Morgan fingerprint density at radius 1 is 1.19 bits per heavy atom. The van der Waals surface area contributed by atoms with Gasteiger partial charge in [-0.3, -0.25) is 0 Å². The molecule has 0 spiro atoms. The van der Waals surface area contributed by atoms with E-state index in [-0.39, 0.29) is 0 Å². The van der Waals surface area contributed by atoms with Gasteiger partial charge in [0, 0.05) is 19.1 Å². The third-order valence-electron chi connectivity index (χ3n) is 5.00. The van der Waals surface area contributed by atoms with Crippen LogP contribution < -0.4 is 5.32 Å². The summed E-state index contributed by atoms with van der Waals surface area (Å²) in [5.41, 5.74) is 2.89. The number of rotatable bonds is 7. The van der Waals surface area contributed by atoms with Crippen LogP contribution in [-0.2, 0) is 0 Å². The van der Waals surface area contributed by atoms with E-state index in [0.29, 0.717) is 6.04 Å². The van der Waals surface area contributed by atoms with Gasteiger partial charge in [0.2, 0.25) is 0 Å². The molecule has 0 bridgehead atoms. The molecule has 1 heterocycles. The molecule has 1 aliphatic heterocycles. The first kappa shape index (κ1) is 16.5. The second-order valence-corrected chi connectivity index (χ2v) is 6.87. The topological polar surface area (TPSA) is 15.3 Å². The summed E-state index contributed by atoms with van der Waals surface area (Å²) in [6, 6.07) is 9.33. The maximum Gasteiger partial charge on any atom is 0.0335 e. The molecular formula is C19H32N2. The number of aryl methyl sites for hydroxylation is 1. The summed E-state index contributed by atoms with van der Waals surface area (Å²) >= 11 is 0. The molecule has 0 aromatic heterocycles. The fourth-order valence-corrected chi connectivity index (χ4v) is 3.41. The fourth-order valence-electron chi connectivity index (χ4n) is 3.41. The molecule has 1 aliphatic rings. The van der Waals surface area contributed by atoms with E-state index in [4.69, 9.17) is 0 Å². The van der Waals surface area contributed by atoms with E-state index in [1.54, 1.807) is 0 Å². The molecule has 2 nitrogen and oxygen atoms in total. The molecule has 21 heavy (non-hydrogen) atoms. The molecule has 0 amide bonds. The van der Waals surface area contributed by atoms with Gasteiger partial charge in [0.25, 0.3) is 0 Å². The number of benzene rings is 1. The summed E-state index contributed by atoms with van der Waals surface area (Å²) in [4.78, 5) is 2.65. The molecule has 0 saturated carbocycles. The second kappa shape index (κ2) is 7.95. The van der Waals surface area contributed by atoms with Crippen LogP contribution in [0.2, 0.25) is 0 Å². The van der Waals surface area contributed by atoms with Gasteiger partial charge in [0.1, 0.15) is 0 Å².